The second kappa shape index (κ2) is 4.77. The Labute approximate surface area is 113 Å². The van der Waals surface area contributed by atoms with Gasteiger partial charge in [-0.25, -0.2) is 9.49 Å². The normalized spacial score (nSPS) is 10.8. The summed E-state index contributed by atoms with van der Waals surface area (Å²) in [6, 6.07) is 11.3. The molecule has 3 rings (SSSR count). The van der Waals surface area contributed by atoms with Crippen molar-refractivity contribution in [1.29, 1.82) is 0 Å². The molecule has 3 aromatic rings. The molecule has 0 bridgehead atoms. The molecular formula is C15H11FN2O2. The molecule has 0 aliphatic rings. The number of aromatic amines is 1. The van der Waals surface area contributed by atoms with E-state index in [4.69, 9.17) is 0 Å². The summed E-state index contributed by atoms with van der Waals surface area (Å²) < 4.78 is 13.0. The lowest BCUT2D eigenvalue weighted by Gasteiger charge is -2.05. The highest BCUT2D eigenvalue weighted by Gasteiger charge is 2.08. The maximum atomic E-state index is 13.0. The number of phenolic OH excluding ortho intramolecular Hbond substituents is 1. The molecule has 20 heavy (non-hydrogen) atoms. The van der Waals surface area contributed by atoms with Crippen molar-refractivity contribution >= 4 is 10.8 Å². The molecule has 0 saturated heterocycles. The van der Waals surface area contributed by atoms with Gasteiger partial charge >= 0.3 is 0 Å². The van der Waals surface area contributed by atoms with Gasteiger partial charge in [0.25, 0.3) is 5.56 Å². The second-order valence-corrected chi connectivity index (χ2v) is 4.51. The Balaban J connectivity index is 2.09. The molecule has 4 nitrogen and oxygen atoms in total. The molecule has 100 valence electrons. The highest BCUT2D eigenvalue weighted by Crippen LogP contribution is 2.21. The Kier molecular flexibility index (Phi) is 2.95. The molecule has 0 aliphatic carbocycles. The Hall–Kier alpha value is -2.69. The number of aromatic nitrogens is 2. The van der Waals surface area contributed by atoms with E-state index in [1.807, 2.05) is 12.1 Å². The average Bonchev–Trinajstić information content (AvgIpc) is 2.46. The topological polar surface area (TPSA) is 66.0 Å². The number of phenols is 1. The minimum atomic E-state index is -0.659. The summed E-state index contributed by atoms with van der Waals surface area (Å²) >= 11 is 0. The summed E-state index contributed by atoms with van der Waals surface area (Å²) in [5.41, 5.74) is 1.14. The number of hydrogen-bond acceptors (Lipinski definition) is 3. The van der Waals surface area contributed by atoms with Crippen molar-refractivity contribution in [2.75, 3.05) is 0 Å². The van der Waals surface area contributed by atoms with Crippen molar-refractivity contribution < 1.29 is 9.50 Å². The predicted octanol–water partition coefficient (Wildman–Crippen LogP) is 2.36. The number of aromatic hydroxyl groups is 1. The number of nitrogens with one attached hydrogen (secondary N) is 1. The molecule has 0 atom stereocenters. The van der Waals surface area contributed by atoms with Gasteiger partial charge in [0, 0.05) is 11.8 Å². The zero-order valence-electron chi connectivity index (χ0n) is 10.4. The standard InChI is InChI=1S/C15H11FN2O2/c16-12-6-5-9(8-14(12)19)7-13-10-3-1-2-4-11(10)15(20)18-17-13/h1-6,8,19H,7H2,(H,18,20). The van der Waals surface area contributed by atoms with Crippen LogP contribution in [0.4, 0.5) is 4.39 Å². The van der Waals surface area contributed by atoms with E-state index in [1.54, 1.807) is 18.2 Å². The van der Waals surface area contributed by atoms with Crippen LogP contribution < -0.4 is 5.56 Å². The summed E-state index contributed by atoms with van der Waals surface area (Å²) in [6.45, 7) is 0. The third-order valence-corrected chi connectivity index (χ3v) is 3.16. The van der Waals surface area contributed by atoms with Crippen LogP contribution in [0.1, 0.15) is 11.3 Å². The van der Waals surface area contributed by atoms with Crippen LogP contribution in [-0.4, -0.2) is 15.3 Å². The maximum Gasteiger partial charge on any atom is 0.272 e. The SMILES string of the molecule is O=c1[nH]nc(Cc2ccc(F)c(O)c2)c2ccccc12. The predicted molar refractivity (Wildman–Crippen MR) is 73.2 cm³/mol. The Bertz CT molecular complexity index is 843. The Morgan fingerprint density at radius 2 is 1.90 bits per heavy atom. The Morgan fingerprint density at radius 1 is 1.15 bits per heavy atom. The van der Waals surface area contributed by atoms with E-state index in [9.17, 15) is 14.3 Å². The van der Waals surface area contributed by atoms with Crippen molar-refractivity contribution in [2.24, 2.45) is 0 Å². The first-order valence-corrected chi connectivity index (χ1v) is 6.09. The maximum absolute atomic E-state index is 13.0. The van der Waals surface area contributed by atoms with Crippen LogP contribution in [0.2, 0.25) is 0 Å². The largest absolute Gasteiger partial charge is 0.505 e. The molecule has 0 unspecified atom stereocenters. The van der Waals surface area contributed by atoms with Crippen LogP contribution in [0, 0.1) is 5.82 Å². The first kappa shape index (κ1) is 12.3. The molecule has 5 heteroatoms. The molecule has 1 heterocycles. The van der Waals surface area contributed by atoms with E-state index in [0.29, 0.717) is 23.1 Å². The summed E-state index contributed by atoms with van der Waals surface area (Å²) in [7, 11) is 0. The molecule has 2 N–H and O–H groups in total. The lowest BCUT2D eigenvalue weighted by Crippen LogP contribution is -2.11. The van der Waals surface area contributed by atoms with Crippen LogP contribution in [0.25, 0.3) is 10.8 Å². The average molecular weight is 270 g/mol. The number of H-pyrrole nitrogens is 1. The van der Waals surface area contributed by atoms with Crippen molar-refractivity contribution in [3.8, 4) is 5.75 Å². The molecule has 0 spiro atoms. The third kappa shape index (κ3) is 2.14. The zero-order chi connectivity index (χ0) is 14.1. The van der Waals surface area contributed by atoms with Gasteiger partial charge in [-0.05, 0) is 23.8 Å². The van der Waals surface area contributed by atoms with Crippen molar-refractivity contribution in [2.45, 2.75) is 6.42 Å². The zero-order valence-corrected chi connectivity index (χ0v) is 10.4. The summed E-state index contributed by atoms with van der Waals surface area (Å²) in [5.74, 6) is -1.05. The first-order chi connectivity index (χ1) is 9.65. The molecule has 0 fully saturated rings. The minimum absolute atomic E-state index is 0.244. The van der Waals surface area contributed by atoms with Crippen LogP contribution in [0.15, 0.2) is 47.3 Å². The van der Waals surface area contributed by atoms with Crippen molar-refractivity contribution in [3.63, 3.8) is 0 Å². The van der Waals surface area contributed by atoms with Crippen molar-refractivity contribution in [3.05, 3.63) is 69.9 Å². The lowest BCUT2D eigenvalue weighted by atomic mass is 10.0. The van der Waals surface area contributed by atoms with E-state index < -0.39 is 11.6 Å². The third-order valence-electron chi connectivity index (χ3n) is 3.16. The van der Waals surface area contributed by atoms with Crippen molar-refractivity contribution in [1.82, 2.24) is 10.2 Å². The van der Waals surface area contributed by atoms with E-state index in [-0.39, 0.29) is 5.56 Å². The van der Waals surface area contributed by atoms with Gasteiger partial charge < -0.3 is 5.11 Å². The van der Waals surface area contributed by atoms with Gasteiger partial charge in [0.15, 0.2) is 11.6 Å². The molecule has 1 aromatic heterocycles. The quantitative estimate of drug-likeness (QED) is 0.751. The number of fused-ring (bicyclic) bond motifs is 1. The van der Waals surface area contributed by atoms with Gasteiger partial charge in [0.1, 0.15) is 0 Å². The lowest BCUT2D eigenvalue weighted by molar-refractivity contribution is 0.431. The highest BCUT2D eigenvalue weighted by atomic mass is 19.1. The second-order valence-electron chi connectivity index (χ2n) is 4.51. The van der Waals surface area contributed by atoms with Gasteiger partial charge in [-0.1, -0.05) is 24.3 Å². The molecular weight excluding hydrogens is 259 g/mol. The Morgan fingerprint density at radius 3 is 2.65 bits per heavy atom. The van der Waals surface area contributed by atoms with E-state index >= 15 is 0 Å². The smallest absolute Gasteiger partial charge is 0.272 e. The molecule has 0 saturated carbocycles. The van der Waals surface area contributed by atoms with Gasteiger partial charge in [0.2, 0.25) is 0 Å². The number of hydrogen-bond donors (Lipinski definition) is 2. The molecule has 2 aromatic carbocycles. The van der Waals surface area contributed by atoms with Gasteiger partial charge in [-0.3, -0.25) is 4.79 Å². The van der Waals surface area contributed by atoms with Crippen LogP contribution in [0.3, 0.4) is 0 Å². The molecule has 0 radical (unpaired) electrons. The first-order valence-electron chi connectivity index (χ1n) is 6.09. The van der Waals surface area contributed by atoms with Gasteiger partial charge in [0.05, 0.1) is 11.1 Å². The summed E-state index contributed by atoms with van der Waals surface area (Å²) in [5, 5.41) is 17.2. The van der Waals surface area contributed by atoms with Gasteiger partial charge in [-0.15, -0.1) is 0 Å². The monoisotopic (exact) mass is 270 g/mol. The van der Waals surface area contributed by atoms with Crippen LogP contribution in [-0.2, 0) is 6.42 Å². The van der Waals surface area contributed by atoms with E-state index in [0.717, 1.165) is 5.39 Å². The fourth-order valence-electron chi connectivity index (χ4n) is 2.17. The van der Waals surface area contributed by atoms with E-state index in [1.165, 1.54) is 12.1 Å². The number of benzene rings is 2. The van der Waals surface area contributed by atoms with Crippen LogP contribution in [0.5, 0.6) is 5.75 Å². The van der Waals surface area contributed by atoms with Gasteiger partial charge in [-0.2, -0.15) is 5.10 Å². The minimum Gasteiger partial charge on any atom is -0.505 e. The highest BCUT2D eigenvalue weighted by molar-refractivity contribution is 5.83. The number of halogens is 1. The number of rotatable bonds is 2. The fourth-order valence-corrected chi connectivity index (χ4v) is 2.17. The summed E-state index contributed by atoms with van der Waals surface area (Å²) in [4.78, 5) is 11.7. The summed E-state index contributed by atoms with van der Waals surface area (Å²) in [6.07, 6.45) is 0.394. The fraction of sp³-hybridized carbons (Fsp3) is 0.0667. The molecule has 0 amide bonds. The number of nitrogens with zero attached hydrogens (tertiary/aromatic N) is 1. The van der Waals surface area contributed by atoms with Crippen LogP contribution >= 0.6 is 0 Å². The molecule has 0 aliphatic heterocycles. The van der Waals surface area contributed by atoms with E-state index in [2.05, 4.69) is 10.2 Å².